The maximum atomic E-state index is 5.80. The summed E-state index contributed by atoms with van der Waals surface area (Å²) >= 11 is 0. The Morgan fingerprint density at radius 1 is 1.91 bits per heavy atom. The third-order valence-corrected chi connectivity index (χ3v) is 1.61. The van der Waals surface area contributed by atoms with Gasteiger partial charge in [-0.05, 0) is 6.42 Å². The van der Waals surface area contributed by atoms with Crippen LogP contribution in [0.25, 0.3) is 0 Å². The maximum Gasteiger partial charge on any atom is 0.125 e. The molecule has 2 N–H and O–H groups in total. The highest BCUT2D eigenvalue weighted by Crippen LogP contribution is 2.10. The van der Waals surface area contributed by atoms with Crippen LogP contribution in [-0.4, -0.2) is 9.55 Å². The summed E-state index contributed by atoms with van der Waals surface area (Å²) in [7, 11) is 1.94. The zero-order valence-corrected chi connectivity index (χ0v) is 6.70. The fourth-order valence-electron chi connectivity index (χ4n) is 1.02. The normalized spacial score (nSPS) is 12.9. The first-order chi connectivity index (χ1) is 5.25. The topological polar surface area (TPSA) is 43.8 Å². The standard InChI is InChI=1S/C8H13N3/c1-3-4-7(9)8-10-5-6-11(8)2/h3,5-7H,1,4,9H2,2H3. The Kier molecular flexibility index (Phi) is 2.44. The van der Waals surface area contributed by atoms with Crippen molar-refractivity contribution >= 4 is 0 Å². The van der Waals surface area contributed by atoms with Crippen LogP contribution in [0.3, 0.4) is 0 Å². The first kappa shape index (κ1) is 8.01. The smallest absolute Gasteiger partial charge is 0.125 e. The summed E-state index contributed by atoms with van der Waals surface area (Å²) in [6.45, 7) is 3.62. The van der Waals surface area contributed by atoms with Gasteiger partial charge in [0.05, 0.1) is 6.04 Å². The molecule has 11 heavy (non-hydrogen) atoms. The van der Waals surface area contributed by atoms with Gasteiger partial charge in [-0.2, -0.15) is 0 Å². The lowest BCUT2D eigenvalue weighted by molar-refractivity contribution is 0.643. The third kappa shape index (κ3) is 1.68. The SMILES string of the molecule is C=CCC(N)c1nccn1C. The Morgan fingerprint density at radius 2 is 2.64 bits per heavy atom. The highest BCUT2D eigenvalue weighted by molar-refractivity contribution is 4.99. The summed E-state index contributed by atoms with van der Waals surface area (Å²) in [5, 5.41) is 0. The van der Waals surface area contributed by atoms with Crippen molar-refractivity contribution in [2.24, 2.45) is 12.8 Å². The van der Waals surface area contributed by atoms with Crippen LogP contribution in [-0.2, 0) is 7.05 Å². The van der Waals surface area contributed by atoms with E-state index in [1.54, 1.807) is 12.3 Å². The zero-order chi connectivity index (χ0) is 8.27. The van der Waals surface area contributed by atoms with E-state index in [0.717, 1.165) is 12.2 Å². The Labute approximate surface area is 66.5 Å². The van der Waals surface area contributed by atoms with Gasteiger partial charge in [0, 0.05) is 19.4 Å². The molecule has 0 saturated carbocycles. The van der Waals surface area contributed by atoms with Gasteiger partial charge >= 0.3 is 0 Å². The molecular formula is C8H13N3. The van der Waals surface area contributed by atoms with Gasteiger partial charge in [-0.3, -0.25) is 0 Å². The lowest BCUT2D eigenvalue weighted by atomic mass is 10.2. The first-order valence-electron chi connectivity index (χ1n) is 3.59. The van der Waals surface area contributed by atoms with E-state index in [1.165, 1.54) is 0 Å². The number of nitrogens with zero attached hydrogens (tertiary/aromatic N) is 2. The minimum atomic E-state index is -0.0208. The molecule has 1 unspecified atom stereocenters. The first-order valence-corrected chi connectivity index (χ1v) is 3.59. The number of nitrogens with two attached hydrogens (primary N) is 1. The molecule has 3 nitrogen and oxygen atoms in total. The molecule has 1 rings (SSSR count). The quantitative estimate of drug-likeness (QED) is 0.655. The van der Waals surface area contributed by atoms with Crippen LogP contribution in [0.5, 0.6) is 0 Å². The van der Waals surface area contributed by atoms with Crippen LogP contribution in [0.15, 0.2) is 25.0 Å². The second kappa shape index (κ2) is 3.34. The number of hydrogen-bond acceptors (Lipinski definition) is 2. The van der Waals surface area contributed by atoms with Crippen molar-refractivity contribution in [3.8, 4) is 0 Å². The van der Waals surface area contributed by atoms with Crippen molar-refractivity contribution in [3.63, 3.8) is 0 Å². The molecule has 0 aliphatic rings. The van der Waals surface area contributed by atoms with E-state index in [0.29, 0.717) is 0 Å². The van der Waals surface area contributed by atoms with Crippen molar-refractivity contribution in [1.29, 1.82) is 0 Å². The van der Waals surface area contributed by atoms with Crippen molar-refractivity contribution in [1.82, 2.24) is 9.55 Å². The average Bonchev–Trinajstić information content (AvgIpc) is 2.36. The molecule has 0 aliphatic heterocycles. The summed E-state index contributed by atoms with van der Waals surface area (Å²) in [5.41, 5.74) is 5.80. The molecule has 1 aromatic rings. The Morgan fingerprint density at radius 3 is 3.09 bits per heavy atom. The summed E-state index contributed by atoms with van der Waals surface area (Å²) in [6.07, 6.45) is 6.21. The van der Waals surface area contributed by atoms with Crippen LogP contribution in [0.2, 0.25) is 0 Å². The van der Waals surface area contributed by atoms with Gasteiger partial charge in [0.2, 0.25) is 0 Å². The Hall–Kier alpha value is -1.09. The number of aryl methyl sites for hydroxylation is 1. The number of imidazole rings is 1. The monoisotopic (exact) mass is 151 g/mol. The summed E-state index contributed by atoms with van der Waals surface area (Å²) in [6, 6.07) is -0.0208. The molecule has 1 heterocycles. The van der Waals surface area contributed by atoms with E-state index in [9.17, 15) is 0 Å². The van der Waals surface area contributed by atoms with Crippen LogP contribution in [0.4, 0.5) is 0 Å². The van der Waals surface area contributed by atoms with Crippen LogP contribution in [0.1, 0.15) is 18.3 Å². The fourth-order valence-corrected chi connectivity index (χ4v) is 1.02. The molecule has 1 atom stereocenters. The Balaban J connectivity index is 2.74. The Bertz CT molecular complexity index is 239. The highest BCUT2D eigenvalue weighted by atomic mass is 15.1. The molecule has 60 valence electrons. The second-order valence-electron chi connectivity index (χ2n) is 2.53. The molecule has 0 amide bonds. The molecule has 0 fully saturated rings. The lowest BCUT2D eigenvalue weighted by Gasteiger charge is -2.07. The number of hydrogen-bond donors (Lipinski definition) is 1. The number of aromatic nitrogens is 2. The van der Waals surface area contributed by atoms with E-state index in [2.05, 4.69) is 11.6 Å². The summed E-state index contributed by atoms with van der Waals surface area (Å²) in [4.78, 5) is 4.12. The van der Waals surface area contributed by atoms with Gasteiger partial charge in [0.1, 0.15) is 5.82 Å². The summed E-state index contributed by atoms with van der Waals surface area (Å²) in [5.74, 6) is 0.907. The van der Waals surface area contributed by atoms with Gasteiger partial charge in [-0.1, -0.05) is 6.08 Å². The van der Waals surface area contributed by atoms with E-state index in [4.69, 9.17) is 5.73 Å². The molecule has 0 spiro atoms. The molecule has 0 saturated heterocycles. The van der Waals surface area contributed by atoms with E-state index in [1.807, 2.05) is 17.8 Å². The van der Waals surface area contributed by atoms with Gasteiger partial charge in [0.15, 0.2) is 0 Å². The van der Waals surface area contributed by atoms with E-state index >= 15 is 0 Å². The van der Waals surface area contributed by atoms with E-state index in [-0.39, 0.29) is 6.04 Å². The third-order valence-electron chi connectivity index (χ3n) is 1.61. The summed E-state index contributed by atoms with van der Waals surface area (Å²) < 4.78 is 1.92. The van der Waals surface area contributed by atoms with Gasteiger partial charge < -0.3 is 10.3 Å². The van der Waals surface area contributed by atoms with Crippen molar-refractivity contribution in [2.45, 2.75) is 12.5 Å². The molecule has 1 aromatic heterocycles. The average molecular weight is 151 g/mol. The largest absolute Gasteiger partial charge is 0.337 e. The molecule has 0 aliphatic carbocycles. The number of rotatable bonds is 3. The molecule has 0 aromatic carbocycles. The van der Waals surface area contributed by atoms with Crippen LogP contribution < -0.4 is 5.73 Å². The maximum absolute atomic E-state index is 5.80. The van der Waals surface area contributed by atoms with Crippen LogP contribution >= 0.6 is 0 Å². The predicted octanol–water partition coefficient (Wildman–Crippen LogP) is 0.996. The predicted molar refractivity (Wildman–Crippen MR) is 45.0 cm³/mol. The van der Waals surface area contributed by atoms with Gasteiger partial charge in [0.25, 0.3) is 0 Å². The molecule has 0 bridgehead atoms. The lowest BCUT2D eigenvalue weighted by Crippen LogP contribution is -2.14. The van der Waals surface area contributed by atoms with Crippen molar-refractivity contribution in [2.75, 3.05) is 0 Å². The van der Waals surface area contributed by atoms with Gasteiger partial charge in [-0.25, -0.2) is 4.98 Å². The van der Waals surface area contributed by atoms with Crippen molar-refractivity contribution < 1.29 is 0 Å². The van der Waals surface area contributed by atoms with Crippen molar-refractivity contribution in [3.05, 3.63) is 30.9 Å². The van der Waals surface area contributed by atoms with Crippen LogP contribution in [0, 0.1) is 0 Å². The molecule has 0 radical (unpaired) electrons. The highest BCUT2D eigenvalue weighted by Gasteiger charge is 2.07. The zero-order valence-electron chi connectivity index (χ0n) is 6.70. The molecule has 3 heteroatoms. The molecular weight excluding hydrogens is 138 g/mol. The minimum Gasteiger partial charge on any atom is -0.337 e. The second-order valence-corrected chi connectivity index (χ2v) is 2.53. The van der Waals surface area contributed by atoms with Gasteiger partial charge in [-0.15, -0.1) is 6.58 Å². The van der Waals surface area contributed by atoms with E-state index < -0.39 is 0 Å². The fraction of sp³-hybridized carbons (Fsp3) is 0.375. The minimum absolute atomic E-state index is 0.0208.